The summed E-state index contributed by atoms with van der Waals surface area (Å²) in [5.74, 6) is -0.0311. The molecule has 90 valence electrons. The first-order valence-corrected chi connectivity index (χ1v) is 5.96. The van der Waals surface area contributed by atoms with Crippen LogP contribution in [0.3, 0.4) is 0 Å². The topological polar surface area (TPSA) is 55.3 Å². The Bertz CT molecular complexity index is 354. The number of hydrogen-bond acceptors (Lipinski definition) is 5. The van der Waals surface area contributed by atoms with Gasteiger partial charge in [0, 0.05) is 14.2 Å². The van der Waals surface area contributed by atoms with Crippen LogP contribution < -0.4 is 0 Å². The molecule has 1 atom stereocenters. The highest BCUT2D eigenvalue weighted by atomic mass is 32.1. The third kappa shape index (κ3) is 2.76. The Balaban J connectivity index is 2.77. The zero-order valence-electron chi connectivity index (χ0n) is 10.1. The highest BCUT2D eigenvalue weighted by Crippen LogP contribution is 2.14. The van der Waals surface area contributed by atoms with E-state index in [9.17, 15) is 4.79 Å². The first kappa shape index (κ1) is 13.1. The summed E-state index contributed by atoms with van der Waals surface area (Å²) in [5, 5.41) is 3.93. The molecule has 1 rings (SSSR count). The average molecular weight is 243 g/mol. The first-order chi connectivity index (χ1) is 7.61. The molecule has 1 amide bonds. The smallest absolute Gasteiger partial charge is 0.267 e. The molecule has 5 nitrogen and oxygen atoms in total. The summed E-state index contributed by atoms with van der Waals surface area (Å²) in [6.45, 7) is 4.43. The van der Waals surface area contributed by atoms with Crippen molar-refractivity contribution in [1.29, 1.82) is 0 Å². The standard InChI is InChI=1S/C10H17N3O2S/c1-5-8-9(16-12-11-8)10(14)13(3)7(2)6-15-4/h7H,5-6H2,1-4H3/t7-/m1/s1. The molecule has 0 saturated heterocycles. The molecule has 0 aliphatic rings. The van der Waals surface area contributed by atoms with Crippen LogP contribution in [-0.4, -0.2) is 47.2 Å². The molecule has 1 heterocycles. The van der Waals surface area contributed by atoms with Gasteiger partial charge in [-0.05, 0) is 24.9 Å². The lowest BCUT2D eigenvalue weighted by molar-refractivity contribution is 0.0637. The van der Waals surface area contributed by atoms with Gasteiger partial charge in [0.05, 0.1) is 18.3 Å². The van der Waals surface area contributed by atoms with Crippen LogP contribution in [0.4, 0.5) is 0 Å². The number of likely N-dealkylation sites (N-methyl/N-ethyl adjacent to an activating group) is 1. The minimum atomic E-state index is -0.0311. The Morgan fingerprint density at radius 3 is 2.88 bits per heavy atom. The Labute approximate surface area is 99.6 Å². The van der Waals surface area contributed by atoms with E-state index in [1.807, 2.05) is 13.8 Å². The van der Waals surface area contributed by atoms with Gasteiger partial charge in [0.2, 0.25) is 0 Å². The number of ether oxygens (including phenoxy) is 1. The summed E-state index contributed by atoms with van der Waals surface area (Å²) in [7, 11) is 3.39. The molecule has 0 saturated carbocycles. The van der Waals surface area contributed by atoms with Crippen LogP contribution in [0.15, 0.2) is 0 Å². The van der Waals surface area contributed by atoms with Crippen molar-refractivity contribution in [3.63, 3.8) is 0 Å². The van der Waals surface area contributed by atoms with E-state index in [1.165, 1.54) is 0 Å². The molecule has 1 aromatic heterocycles. The zero-order valence-corrected chi connectivity index (χ0v) is 10.9. The number of methoxy groups -OCH3 is 1. The number of aromatic nitrogens is 2. The number of rotatable bonds is 5. The second-order valence-corrected chi connectivity index (χ2v) is 4.38. The van der Waals surface area contributed by atoms with Crippen molar-refractivity contribution in [2.45, 2.75) is 26.3 Å². The third-order valence-electron chi connectivity index (χ3n) is 2.47. The lowest BCUT2D eigenvalue weighted by atomic mass is 10.2. The fraction of sp³-hybridized carbons (Fsp3) is 0.700. The Hall–Kier alpha value is -1.01. The molecule has 16 heavy (non-hydrogen) atoms. The van der Waals surface area contributed by atoms with Gasteiger partial charge < -0.3 is 9.64 Å². The van der Waals surface area contributed by atoms with Gasteiger partial charge in [-0.1, -0.05) is 11.4 Å². The maximum Gasteiger partial charge on any atom is 0.267 e. The second kappa shape index (κ2) is 5.91. The number of nitrogens with zero attached hydrogens (tertiary/aromatic N) is 3. The third-order valence-corrected chi connectivity index (χ3v) is 3.23. The Morgan fingerprint density at radius 1 is 1.62 bits per heavy atom. The first-order valence-electron chi connectivity index (χ1n) is 5.19. The van der Waals surface area contributed by atoms with Crippen LogP contribution in [0, 0.1) is 0 Å². The Kier molecular flexibility index (Phi) is 4.82. The fourth-order valence-corrected chi connectivity index (χ4v) is 2.05. The highest BCUT2D eigenvalue weighted by molar-refractivity contribution is 7.07. The lowest BCUT2D eigenvalue weighted by Gasteiger charge is -2.23. The molecule has 0 bridgehead atoms. The number of hydrogen-bond donors (Lipinski definition) is 0. The summed E-state index contributed by atoms with van der Waals surface area (Å²) in [6, 6.07) is 0.0457. The minimum absolute atomic E-state index is 0.0311. The maximum absolute atomic E-state index is 12.1. The summed E-state index contributed by atoms with van der Waals surface area (Å²) in [6.07, 6.45) is 0.726. The molecular formula is C10H17N3O2S. The lowest BCUT2D eigenvalue weighted by Crippen LogP contribution is -2.37. The highest BCUT2D eigenvalue weighted by Gasteiger charge is 2.22. The van der Waals surface area contributed by atoms with E-state index in [0.29, 0.717) is 11.5 Å². The van der Waals surface area contributed by atoms with Crippen molar-refractivity contribution in [2.75, 3.05) is 20.8 Å². The fourth-order valence-electron chi connectivity index (χ4n) is 1.32. The van der Waals surface area contributed by atoms with Gasteiger partial charge >= 0.3 is 0 Å². The molecule has 6 heteroatoms. The molecule has 0 unspecified atom stereocenters. The summed E-state index contributed by atoms with van der Waals surface area (Å²) in [4.78, 5) is 14.4. The predicted octanol–water partition coefficient (Wildman–Crippen LogP) is 1.21. The van der Waals surface area contributed by atoms with Crippen molar-refractivity contribution < 1.29 is 9.53 Å². The van der Waals surface area contributed by atoms with Crippen molar-refractivity contribution in [1.82, 2.24) is 14.5 Å². The number of carbonyl (C=O) groups excluding carboxylic acids is 1. The molecule has 0 fully saturated rings. The van der Waals surface area contributed by atoms with E-state index < -0.39 is 0 Å². The van der Waals surface area contributed by atoms with Gasteiger partial charge in [0.1, 0.15) is 4.88 Å². The minimum Gasteiger partial charge on any atom is -0.383 e. The Morgan fingerprint density at radius 2 is 2.31 bits per heavy atom. The quantitative estimate of drug-likeness (QED) is 0.780. The van der Waals surface area contributed by atoms with Crippen molar-refractivity contribution in [3.8, 4) is 0 Å². The second-order valence-electron chi connectivity index (χ2n) is 3.62. The van der Waals surface area contributed by atoms with E-state index >= 15 is 0 Å². The molecule has 0 aliphatic carbocycles. The van der Waals surface area contributed by atoms with Crippen molar-refractivity contribution >= 4 is 17.4 Å². The van der Waals surface area contributed by atoms with Crippen LogP contribution in [0.25, 0.3) is 0 Å². The van der Waals surface area contributed by atoms with E-state index in [4.69, 9.17) is 4.74 Å². The van der Waals surface area contributed by atoms with Crippen LogP contribution in [0.5, 0.6) is 0 Å². The van der Waals surface area contributed by atoms with Gasteiger partial charge in [0.25, 0.3) is 5.91 Å². The average Bonchev–Trinajstić information content (AvgIpc) is 2.75. The van der Waals surface area contributed by atoms with Crippen LogP contribution in [0.2, 0.25) is 0 Å². The van der Waals surface area contributed by atoms with E-state index in [0.717, 1.165) is 23.6 Å². The van der Waals surface area contributed by atoms with E-state index in [2.05, 4.69) is 9.59 Å². The number of carbonyl (C=O) groups is 1. The molecule has 0 aliphatic heterocycles. The molecule has 0 N–H and O–H groups in total. The maximum atomic E-state index is 12.1. The largest absolute Gasteiger partial charge is 0.383 e. The summed E-state index contributed by atoms with van der Waals surface area (Å²) < 4.78 is 8.84. The van der Waals surface area contributed by atoms with Gasteiger partial charge in [0.15, 0.2) is 0 Å². The number of amides is 1. The van der Waals surface area contributed by atoms with Crippen molar-refractivity contribution in [2.24, 2.45) is 0 Å². The van der Waals surface area contributed by atoms with Crippen LogP contribution in [-0.2, 0) is 11.2 Å². The van der Waals surface area contributed by atoms with E-state index in [-0.39, 0.29) is 11.9 Å². The summed E-state index contributed by atoms with van der Waals surface area (Å²) in [5.41, 5.74) is 0.770. The molecule has 0 radical (unpaired) electrons. The van der Waals surface area contributed by atoms with E-state index in [1.54, 1.807) is 19.1 Å². The molecular weight excluding hydrogens is 226 g/mol. The molecule has 0 aromatic carbocycles. The predicted molar refractivity (Wildman–Crippen MR) is 62.7 cm³/mol. The SMILES string of the molecule is CCc1nnsc1C(=O)N(C)[C@H](C)COC. The van der Waals surface area contributed by atoms with Gasteiger partial charge in [-0.2, -0.15) is 0 Å². The van der Waals surface area contributed by atoms with Gasteiger partial charge in [-0.15, -0.1) is 5.10 Å². The molecule has 1 aromatic rings. The van der Waals surface area contributed by atoms with Gasteiger partial charge in [-0.25, -0.2) is 0 Å². The zero-order chi connectivity index (χ0) is 12.1. The molecule has 0 spiro atoms. The van der Waals surface area contributed by atoms with Gasteiger partial charge in [-0.3, -0.25) is 4.79 Å². The normalized spacial score (nSPS) is 12.5. The van der Waals surface area contributed by atoms with Crippen molar-refractivity contribution in [3.05, 3.63) is 10.6 Å². The van der Waals surface area contributed by atoms with Crippen LogP contribution >= 0.6 is 11.5 Å². The monoisotopic (exact) mass is 243 g/mol. The van der Waals surface area contributed by atoms with Crippen LogP contribution in [0.1, 0.15) is 29.2 Å². The summed E-state index contributed by atoms with van der Waals surface area (Å²) >= 11 is 1.15. The number of aryl methyl sites for hydroxylation is 1.